The minimum absolute atomic E-state index is 0.354. The molecule has 0 aliphatic rings. The van der Waals surface area contributed by atoms with Crippen LogP contribution in [0.2, 0.25) is 0 Å². The molecule has 0 fully saturated rings. The zero-order valence-corrected chi connectivity index (χ0v) is 11.2. The molecule has 0 amide bonds. The van der Waals surface area contributed by atoms with Gasteiger partial charge in [-0.1, -0.05) is 6.07 Å². The van der Waals surface area contributed by atoms with Crippen LogP contribution in [0.5, 0.6) is 0 Å². The molecule has 19 heavy (non-hydrogen) atoms. The lowest BCUT2D eigenvalue weighted by molar-refractivity contribution is -0.138. The van der Waals surface area contributed by atoms with Gasteiger partial charge >= 0.3 is 6.18 Å². The van der Waals surface area contributed by atoms with Gasteiger partial charge in [-0.2, -0.15) is 13.2 Å². The van der Waals surface area contributed by atoms with E-state index in [9.17, 15) is 21.6 Å². The maximum absolute atomic E-state index is 12.7. The lowest BCUT2D eigenvalue weighted by atomic mass is 10.1. The number of nitrogens with two attached hydrogens (primary N) is 1. The molecule has 0 aliphatic carbocycles. The predicted octanol–water partition coefficient (Wildman–Crippen LogP) is 1.04. The second-order valence-corrected chi connectivity index (χ2v) is 5.61. The van der Waals surface area contributed by atoms with Crippen molar-refractivity contribution in [2.24, 2.45) is 5.73 Å². The highest BCUT2D eigenvalue weighted by atomic mass is 32.2. The highest BCUT2D eigenvalue weighted by molar-refractivity contribution is 7.89. The molecule has 0 heterocycles. The van der Waals surface area contributed by atoms with E-state index in [1.54, 1.807) is 4.83 Å². The van der Waals surface area contributed by atoms with E-state index in [0.29, 0.717) is 0 Å². The maximum Gasteiger partial charge on any atom is 0.416 e. The summed E-state index contributed by atoms with van der Waals surface area (Å²) in [5, 5.41) is -0.354. The third-order valence-electron chi connectivity index (χ3n) is 2.19. The first-order valence-electron chi connectivity index (χ1n) is 4.80. The number of rotatable bonds is 3. The van der Waals surface area contributed by atoms with Crippen molar-refractivity contribution in [1.82, 2.24) is 10.3 Å². The lowest BCUT2D eigenvalue weighted by Crippen LogP contribution is -2.44. The maximum atomic E-state index is 12.7. The smallest absolute Gasteiger partial charge is 0.375 e. The zero-order chi connectivity index (χ0) is 14.8. The van der Waals surface area contributed by atoms with Crippen molar-refractivity contribution in [3.8, 4) is 0 Å². The number of alkyl halides is 3. The Labute approximate surface area is 113 Å². The Balaban J connectivity index is 3.26. The Bertz CT molecular complexity index is 599. The molecule has 1 aromatic rings. The quantitative estimate of drug-likeness (QED) is 0.573. The summed E-state index contributed by atoms with van der Waals surface area (Å²) in [5.74, 6) is 0. The Hall–Kier alpha value is -1.39. The molecule has 0 atom stereocenters. The van der Waals surface area contributed by atoms with Crippen LogP contribution in [0.25, 0.3) is 0 Å². The lowest BCUT2D eigenvalue weighted by Gasteiger charge is -2.14. The highest BCUT2D eigenvalue weighted by Gasteiger charge is 2.34. The number of sulfonamides is 1. The largest absolute Gasteiger partial charge is 0.416 e. The summed E-state index contributed by atoms with van der Waals surface area (Å²) in [7, 11) is -4.20. The Morgan fingerprint density at radius 3 is 2.42 bits per heavy atom. The first-order chi connectivity index (χ1) is 8.55. The minimum Gasteiger partial charge on any atom is -0.375 e. The number of hydrogen-bond donors (Lipinski definition) is 3. The van der Waals surface area contributed by atoms with E-state index < -0.39 is 32.2 Å². The molecule has 5 nitrogen and oxygen atoms in total. The van der Waals surface area contributed by atoms with Gasteiger partial charge in [0.1, 0.15) is 0 Å². The van der Waals surface area contributed by atoms with Gasteiger partial charge in [0.15, 0.2) is 5.11 Å². The minimum atomic E-state index is -4.63. The van der Waals surface area contributed by atoms with Crippen molar-refractivity contribution in [3.05, 3.63) is 29.3 Å². The number of halogens is 3. The van der Waals surface area contributed by atoms with Crippen LogP contribution in [0.4, 0.5) is 13.2 Å². The Morgan fingerprint density at radius 1 is 1.37 bits per heavy atom. The van der Waals surface area contributed by atoms with Gasteiger partial charge in [-0.3, -0.25) is 5.43 Å². The van der Waals surface area contributed by atoms with Crippen molar-refractivity contribution in [2.75, 3.05) is 0 Å². The van der Waals surface area contributed by atoms with E-state index in [0.717, 1.165) is 25.1 Å². The molecule has 0 aromatic heterocycles. The fourth-order valence-corrected chi connectivity index (χ4v) is 2.63. The number of hydrogen-bond acceptors (Lipinski definition) is 3. The molecule has 1 aromatic carbocycles. The van der Waals surface area contributed by atoms with Crippen molar-refractivity contribution in [2.45, 2.75) is 18.0 Å². The predicted molar refractivity (Wildman–Crippen MR) is 66.4 cm³/mol. The third-order valence-corrected chi connectivity index (χ3v) is 3.68. The molecule has 4 N–H and O–H groups in total. The van der Waals surface area contributed by atoms with E-state index in [1.807, 2.05) is 5.43 Å². The van der Waals surface area contributed by atoms with Crippen molar-refractivity contribution in [3.63, 3.8) is 0 Å². The molecular weight excluding hydrogens is 303 g/mol. The van der Waals surface area contributed by atoms with Gasteiger partial charge in [-0.25, -0.2) is 8.42 Å². The highest BCUT2D eigenvalue weighted by Crippen LogP contribution is 2.33. The van der Waals surface area contributed by atoms with Crippen LogP contribution in [0.3, 0.4) is 0 Å². The summed E-state index contributed by atoms with van der Waals surface area (Å²) in [6.45, 7) is 1.07. The molecular formula is C9H10F3N3O2S2. The third kappa shape index (κ3) is 3.78. The summed E-state index contributed by atoms with van der Waals surface area (Å²) in [4.78, 5) is 1.27. The van der Waals surface area contributed by atoms with E-state index >= 15 is 0 Å². The van der Waals surface area contributed by atoms with Gasteiger partial charge in [0, 0.05) is 0 Å². The molecule has 0 radical (unpaired) electrons. The molecule has 0 saturated carbocycles. The van der Waals surface area contributed by atoms with Gasteiger partial charge in [0.05, 0.1) is 10.5 Å². The van der Waals surface area contributed by atoms with E-state index in [1.165, 1.54) is 0 Å². The fourth-order valence-electron chi connectivity index (χ4n) is 1.39. The first kappa shape index (κ1) is 15.7. The van der Waals surface area contributed by atoms with Crippen LogP contribution in [-0.4, -0.2) is 13.5 Å². The van der Waals surface area contributed by atoms with Gasteiger partial charge in [0.25, 0.3) is 10.0 Å². The molecule has 0 spiro atoms. The van der Waals surface area contributed by atoms with Crippen LogP contribution in [0, 0.1) is 6.92 Å². The van der Waals surface area contributed by atoms with Gasteiger partial charge < -0.3 is 5.73 Å². The fraction of sp³-hybridized carbons (Fsp3) is 0.222. The molecule has 1 rings (SSSR count). The average molecular weight is 313 g/mol. The summed E-state index contributed by atoms with van der Waals surface area (Å²) in [5.41, 5.74) is 5.56. The summed E-state index contributed by atoms with van der Waals surface area (Å²) in [6, 6.07) is 2.86. The van der Waals surface area contributed by atoms with E-state index in [4.69, 9.17) is 5.73 Å². The van der Waals surface area contributed by atoms with E-state index in [-0.39, 0.29) is 5.11 Å². The van der Waals surface area contributed by atoms with Crippen molar-refractivity contribution >= 4 is 27.4 Å². The van der Waals surface area contributed by atoms with Crippen LogP contribution < -0.4 is 16.0 Å². The van der Waals surface area contributed by atoms with Crippen LogP contribution >= 0.6 is 12.2 Å². The second-order valence-electron chi connectivity index (χ2n) is 3.52. The normalized spacial score (nSPS) is 12.2. The molecule has 0 unspecified atom stereocenters. The Kier molecular flexibility index (Phi) is 4.38. The van der Waals surface area contributed by atoms with Gasteiger partial charge in [-0.15, -0.1) is 4.83 Å². The van der Waals surface area contributed by atoms with E-state index in [2.05, 4.69) is 12.2 Å². The topological polar surface area (TPSA) is 84.2 Å². The van der Waals surface area contributed by atoms with Crippen LogP contribution in [0.15, 0.2) is 23.1 Å². The summed E-state index contributed by atoms with van der Waals surface area (Å²) < 4.78 is 61.5. The molecule has 10 heteroatoms. The molecule has 0 aliphatic heterocycles. The summed E-state index contributed by atoms with van der Waals surface area (Å²) >= 11 is 4.39. The summed E-state index contributed by atoms with van der Waals surface area (Å²) in [6.07, 6.45) is -4.63. The first-order valence-corrected chi connectivity index (χ1v) is 6.69. The second kappa shape index (κ2) is 5.31. The monoisotopic (exact) mass is 313 g/mol. The number of benzene rings is 1. The molecule has 0 saturated heterocycles. The van der Waals surface area contributed by atoms with Gasteiger partial charge in [0.2, 0.25) is 0 Å². The zero-order valence-electron chi connectivity index (χ0n) is 9.58. The standard InChI is InChI=1S/C9H10F3N3O2S2/c1-5-6(9(10,11)12)3-2-4-7(5)19(16,17)15-14-8(13)18/h2-4,15H,1H3,(H3,13,14,18). The van der Waals surface area contributed by atoms with Crippen molar-refractivity contribution in [1.29, 1.82) is 0 Å². The molecule has 0 bridgehead atoms. The number of nitrogens with one attached hydrogen (secondary N) is 2. The van der Waals surface area contributed by atoms with Crippen LogP contribution in [-0.2, 0) is 16.2 Å². The van der Waals surface area contributed by atoms with Crippen LogP contribution in [0.1, 0.15) is 11.1 Å². The Morgan fingerprint density at radius 2 is 1.95 bits per heavy atom. The number of hydrazine groups is 1. The SMILES string of the molecule is Cc1c(C(F)(F)F)cccc1S(=O)(=O)NNC(N)=S. The molecule has 106 valence electrons. The van der Waals surface area contributed by atoms with Crippen molar-refractivity contribution < 1.29 is 21.6 Å². The van der Waals surface area contributed by atoms with Gasteiger partial charge in [-0.05, 0) is 36.8 Å². The number of thiocarbonyl (C=S) groups is 1. The average Bonchev–Trinajstić information content (AvgIpc) is 2.25.